The number of aryl methyl sites for hydroxylation is 1. The van der Waals surface area contributed by atoms with Gasteiger partial charge in [0.05, 0.1) is 12.7 Å². The summed E-state index contributed by atoms with van der Waals surface area (Å²) >= 11 is 0. The standard InChI is InChI=1S/C30H40N2O6Si/c1-7-35-22(3)37-25-18-27(32-19-21(2)28(33)31-29(32)34)38-26(25)20-36-39(30(4,5)6,23-14-10-8-11-15-23)24-16-12-9-13-17-24/h8-17,19,22,25-27H,7,18,20H2,1-6H3,(H,31,33,34)/t22?,25?,26-,27-/m1/s1. The van der Waals surface area contributed by atoms with E-state index in [0.29, 0.717) is 18.6 Å². The van der Waals surface area contributed by atoms with Gasteiger partial charge in [-0.25, -0.2) is 4.79 Å². The molecule has 2 aromatic carbocycles. The fraction of sp³-hybridized carbons (Fsp3) is 0.467. The molecular weight excluding hydrogens is 512 g/mol. The highest BCUT2D eigenvalue weighted by Crippen LogP contribution is 2.38. The fourth-order valence-corrected chi connectivity index (χ4v) is 10.0. The van der Waals surface area contributed by atoms with E-state index in [9.17, 15) is 9.59 Å². The Morgan fingerprint density at radius 2 is 1.64 bits per heavy atom. The molecule has 2 unspecified atom stereocenters. The predicted molar refractivity (Wildman–Crippen MR) is 154 cm³/mol. The number of ether oxygens (including phenoxy) is 3. The van der Waals surface area contributed by atoms with Gasteiger partial charge in [0.2, 0.25) is 0 Å². The van der Waals surface area contributed by atoms with Crippen LogP contribution in [0.5, 0.6) is 0 Å². The topological polar surface area (TPSA) is 91.8 Å². The molecule has 210 valence electrons. The van der Waals surface area contributed by atoms with Gasteiger partial charge in [0.1, 0.15) is 12.3 Å². The van der Waals surface area contributed by atoms with Crippen LogP contribution in [0.2, 0.25) is 5.04 Å². The van der Waals surface area contributed by atoms with Crippen LogP contribution in [0.15, 0.2) is 76.4 Å². The quantitative estimate of drug-likeness (QED) is 0.306. The molecule has 1 N–H and O–H groups in total. The van der Waals surface area contributed by atoms with E-state index < -0.39 is 38.2 Å². The minimum Gasteiger partial charge on any atom is -0.405 e. The highest BCUT2D eigenvalue weighted by atomic mass is 28.4. The molecule has 3 aromatic rings. The molecule has 1 aliphatic heterocycles. The lowest BCUT2D eigenvalue weighted by Gasteiger charge is -2.43. The van der Waals surface area contributed by atoms with Crippen molar-refractivity contribution in [1.29, 1.82) is 0 Å². The molecule has 2 heterocycles. The number of aromatic amines is 1. The van der Waals surface area contributed by atoms with Gasteiger partial charge in [-0.15, -0.1) is 0 Å². The van der Waals surface area contributed by atoms with E-state index >= 15 is 0 Å². The van der Waals surface area contributed by atoms with Gasteiger partial charge in [0, 0.05) is 24.8 Å². The van der Waals surface area contributed by atoms with Crippen LogP contribution >= 0.6 is 0 Å². The third-order valence-electron chi connectivity index (χ3n) is 7.29. The second-order valence-electron chi connectivity index (χ2n) is 11.0. The molecule has 4 atom stereocenters. The van der Waals surface area contributed by atoms with Crippen LogP contribution in [-0.2, 0) is 18.6 Å². The van der Waals surface area contributed by atoms with E-state index in [1.165, 1.54) is 14.9 Å². The Kier molecular flexibility index (Phi) is 9.08. The van der Waals surface area contributed by atoms with Crippen LogP contribution in [0.4, 0.5) is 0 Å². The maximum atomic E-state index is 12.7. The summed E-state index contributed by atoms with van der Waals surface area (Å²) in [6.45, 7) is 12.9. The molecule has 1 saturated heterocycles. The van der Waals surface area contributed by atoms with E-state index in [0.717, 1.165) is 0 Å². The van der Waals surface area contributed by atoms with Crippen LogP contribution in [0.25, 0.3) is 0 Å². The summed E-state index contributed by atoms with van der Waals surface area (Å²) in [6, 6.07) is 20.8. The van der Waals surface area contributed by atoms with Crippen LogP contribution in [-0.4, -0.2) is 49.6 Å². The molecule has 1 fully saturated rings. The fourth-order valence-electron chi connectivity index (χ4n) is 5.45. The van der Waals surface area contributed by atoms with Gasteiger partial charge in [-0.3, -0.25) is 14.3 Å². The number of H-pyrrole nitrogens is 1. The molecule has 1 aromatic heterocycles. The first-order chi connectivity index (χ1) is 18.6. The summed E-state index contributed by atoms with van der Waals surface area (Å²) in [5.41, 5.74) is -0.482. The molecule has 0 bridgehead atoms. The Balaban J connectivity index is 1.70. The summed E-state index contributed by atoms with van der Waals surface area (Å²) in [6.07, 6.45) is 0.0524. The van der Waals surface area contributed by atoms with Crippen LogP contribution in [0, 0.1) is 6.92 Å². The maximum Gasteiger partial charge on any atom is 0.330 e. The Hall–Kier alpha value is -2.82. The zero-order valence-corrected chi connectivity index (χ0v) is 24.7. The Labute approximate surface area is 231 Å². The lowest BCUT2D eigenvalue weighted by Crippen LogP contribution is -2.67. The minimum absolute atomic E-state index is 0.199. The van der Waals surface area contributed by atoms with E-state index in [1.54, 1.807) is 13.1 Å². The second-order valence-corrected chi connectivity index (χ2v) is 15.3. The first-order valence-corrected chi connectivity index (χ1v) is 15.5. The van der Waals surface area contributed by atoms with Crippen molar-refractivity contribution in [2.45, 2.75) is 77.7 Å². The van der Waals surface area contributed by atoms with Gasteiger partial charge in [-0.2, -0.15) is 0 Å². The smallest absolute Gasteiger partial charge is 0.330 e. The molecule has 0 amide bonds. The zero-order valence-electron chi connectivity index (χ0n) is 23.7. The monoisotopic (exact) mass is 552 g/mol. The largest absolute Gasteiger partial charge is 0.405 e. The third kappa shape index (κ3) is 6.18. The molecule has 8 nitrogen and oxygen atoms in total. The van der Waals surface area contributed by atoms with Crippen molar-refractivity contribution in [3.8, 4) is 0 Å². The molecule has 0 saturated carbocycles. The molecule has 39 heavy (non-hydrogen) atoms. The maximum absolute atomic E-state index is 12.7. The van der Waals surface area contributed by atoms with Crippen molar-refractivity contribution < 1.29 is 18.6 Å². The van der Waals surface area contributed by atoms with Crippen molar-refractivity contribution >= 4 is 18.7 Å². The number of benzene rings is 2. The number of rotatable bonds is 10. The number of hydrogen-bond donors (Lipinski definition) is 1. The lowest BCUT2D eigenvalue weighted by molar-refractivity contribution is -0.172. The van der Waals surface area contributed by atoms with Gasteiger partial charge >= 0.3 is 5.69 Å². The van der Waals surface area contributed by atoms with Crippen LogP contribution < -0.4 is 21.6 Å². The first-order valence-electron chi connectivity index (χ1n) is 13.6. The van der Waals surface area contributed by atoms with Crippen molar-refractivity contribution in [3.63, 3.8) is 0 Å². The van der Waals surface area contributed by atoms with Crippen molar-refractivity contribution in [1.82, 2.24) is 9.55 Å². The molecular formula is C30H40N2O6Si. The van der Waals surface area contributed by atoms with E-state index in [-0.39, 0.29) is 17.7 Å². The summed E-state index contributed by atoms with van der Waals surface area (Å²) < 4.78 is 26.9. The zero-order chi connectivity index (χ0) is 28.2. The molecule has 4 rings (SSSR count). The third-order valence-corrected chi connectivity index (χ3v) is 12.3. The van der Waals surface area contributed by atoms with E-state index in [2.05, 4.69) is 74.3 Å². The molecule has 0 aliphatic carbocycles. The molecule has 9 heteroatoms. The second kappa shape index (κ2) is 12.1. The van der Waals surface area contributed by atoms with E-state index in [1.807, 2.05) is 26.0 Å². The summed E-state index contributed by atoms with van der Waals surface area (Å²) in [4.78, 5) is 27.0. The van der Waals surface area contributed by atoms with Gasteiger partial charge < -0.3 is 18.6 Å². The van der Waals surface area contributed by atoms with E-state index in [4.69, 9.17) is 18.6 Å². The van der Waals surface area contributed by atoms with Gasteiger partial charge in [-0.05, 0) is 36.2 Å². The normalized spacial score (nSPS) is 20.7. The Bertz CT molecular complexity index is 1300. The summed E-state index contributed by atoms with van der Waals surface area (Å²) in [7, 11) is -2.81. The molecule has 1 aliphatic rings. The van der Waals surface area contributed by atoms with Crippen LogP contribution in [0.1, 0.15) is 52.8 Å². The van der Waals surface area contributed by atoms with Crippen molar-refractivity contribution in [2.75, 3.05) is 13.2 Å². The lowest BCUT2D eigenvalue weighted by atomic mass is 10.2. The first kappa shape index (κ1) is 29.2. The molecule has 0 spiro atoms. The minimum atomic E-state index is -2.81. The Morgan fingerprint density at radius 1 is 1.05 bits per heavy atom. The Morgan fingerprint density at radius 3 is 2.18 bits per heavy atom. The predicted octanol–water partition coefficient (Wildman–Crippen LogP) is 3.48. The SMILES string of the molecule is CCOC(C)OC1C[C@H](n2cc(C)c(=O)[nH]c2=O)O[C@@H]1CO[Si](c1ccccc1)(c1ccccc1)C(C)(C)C. The number of nitrogens with zero attached hydrogens (tertiary/aromatic N) is 1. The van der Waals surface area contributed by atoms with Gasteiger partial charge in [0.15, 0.2) is 6.29 Å². The van der Waals surface area contributed by atoms with Gasteiger partial charge in [0.25, 0.3) is 13.9 Å². The number of hydrogen-bond acceptors (Lipinski definition) is 6. The summed E-state index contributed by atoms with van der Waals surface area (Å²) in [5, 5.41) is 2.15. The highest BCUT2D eigenvalue weighted by Gasteiger charge is 2.51. The average Bonchev–Trinajstić information content (AvgIpc) is 3.29. The highest BCUT2D eigenvalue weighted by molar-refractivity contribution is 6.99. The molecule has 0 radical (unpaired) electrons. The summed E-state index contributed by atoms with van der Waals surface area (Å²) in [5.74, 6) is 0. The van der Waals surface area contributed by atoms with Crippen LogP contribution in [0.3, 0.4) is 0 Å². The van der Waals surface area contributed by atoms with Gasteiger partial charge in [-0.1, -0.05) is 81.4 Å². The van der Waals surface area contributed by atoms with Crippen molar-refractivity contribution in [2.24, 2.45) is 0 Å². The number of aromatic nitrogens is 2. The van der Waals surface area contributed by atoms with Crippen molar-refractivity contribution in [3.05, 3.63) is 93.3 Å². The average molecular weight is 553 g/mol. The number of nitrogens with one attached hydrogen (secondary N) is 1.